The average Bonchev–Trinajstić information content (AvgIpc) is 3.06. The van der Waals surface area contributed by atoms with Gasteiger partial charge in [-0.1, -0.05) is 25.1 Å². The summed E-state index contributed by atoms with van der Waals surface area (Å²) in [5, 5.41) is 9.85. The van der Waals surface area contributed by atoms with E-state index in [1.54, 1.807) is 24.4 Å². The Kier molecular flexibility index (Phi) is 8.43. The van der Waals surface area contributed by atoms with Crippen LogP contribution in [0.3, 0.4) is 0 Å². The number of aliphatic carboxylic acids is 1. The number of hydrogen-bond acceptors (Lipinski definition) is 3. The van der Waals surface area contributed by atoms with Gasteiger partial charge in [-0.25, -0.2) is 14.2 Å². The first-order chi connectivity index (χ1) is 12.6. The third kappa shape index (κ3) is 7.89. The van der Waals surface area contributed by atoms with Crippen molar-refractivity contribution in [3.63, 3.8) is 0 Å². The molecule has 1 amide bonds. The number of imidazole rings is 1. The second kappa shape index (κ2) is 10.3. The van der Waals surface area contributed by atoms with E-state index in [1.165, 1.54) is 6.07 Å². The van der Waals surface area contributed by atoms with Crippen molar-refractivity contribution in [1.29, 1.82) is 0 Å². The van der Waals surface area contributed by atoms with Crippen LogP contribution in [0.25, 0.3) is 0 Å². The number of nitrogens with one attached hydrogen (secondary N) is 1. The van der Waals surface area contributed by atoms with E-state index in [2.05, 4.69) is 10.3 Å². The number of carbonyl (C=O) groups is 2. The first-order valence-electron chi connectivity index (χ1n) is 7.95. The van der Waals surface area contributed by atoms with E-state index >= 15 is 0 Å². The lowest BCUT2D eigenvalue weighted by Gasteiger charge is -2.08. The Morgan fingerprint density at radius 2 is 1.89 bits per heavy atom. The topological polar surface area (TPSA) is 84.2 Å². The summed E-state index contributed by atoms with van der Waals surface area (Å²) < 4.78 is 47.1. The van der Waals surface area contributed by atoms with E-state index in [9.17, 15) is 22.4 Å². The summed E-state index contributed by atoms with van der Waals surface area (Å²) >= 11 is 0. The Morgan fingerprint density at radius 1 is 1.26 bits per heavy atom. The molecule has 0 saturated carbocycles. The van der Waals surface area contributed by atoms with Crippen LogP contribution in [-0.2, 0) is 29.1 Å². The van der Waals surface area contributed by atoms with Crippen LogP contribution in [0.2, 0.25) is 0 Å². The van der Waals surface area contributed by atoms with Crippen molar-refractivity contribution < 1.29 is 32.3 Å². The maximum absolute atomic E-state index is 13.4. The maximum atomic E-state index is 13.4. The summed E-state index contributed by atoms with van der Waals surface area (Å²) in [6.07, 6.45) is -0.291. The van der Waals surface area contributed by atoms with Crippen molar-refractivity contribution in [3.05, 3.63) is 53.9 Å². The van der Waals surface area contributed by atoms with Crippen LogP contribution < -0.4 is 5.32 Å². The minimum Gasteiger partial charge on any atom is -0.475 e. The van der Waals surface area contributed by atoms with Gasteiger partial charge >= 0.3 is 12.1 Å². The second-order valence-electron chi connectivity index (χ2n) is 5.31. The van der Waals surface area contributed by atoms with Gasteiger partial charge in [-0.05, 0) is 6.07 Å². The van der Waals surface area contributed by atoms with Crippen LogP contribution in [0.1, 0.15) is 24.7 Å². The van der Waals surface area contributed by atoms with Crippen molar-refractivity contribution in [2.75, 3.05) is 0 Å². The molecule has 27 heavy (non-hydrogen) atoms. The zero-order chi connectivity index (χ0) is 20.4. The molecular weight excluding hydrogens is 370 g/mol. The molecule has 2 rings (SSSR count). The normalized spacial score (nSPS) is 10.7. The lowest BCUT2D eigenvalue weighted by Crippen LogP contribution is -2.24. The zero-order valence-electron chi connectivity index (χ0n) is 14.5. The molecule has 0 unspecified atom stereocenters. The van der Waals surface area contributed by atoms with Crippen LogP contribution in [0.15, 0.2) is 36.7 Å². The lowest BCUT2D eigenvalue weighted by molar-refractivity contribution is -0.192. The number of nitrogens with zero attached hydrogens (tertiary/aromatic N) is 2. The van der Waals surface area contributed by atoms with E-state index in [1.807, 2.05) is 17.7 Å². The Hall–Kier alpha value is -2.91. The molecule has 2 N–H and O–H groups in total. The molecule has 0 aliphatic carbocycles. The number of amides is 1. The van der Waals surface area contributed by atoms with E-state index in [0.29, 0.717) is 18.5 Å². The molecule has 1 aromatic carbocycles. The van der Waals surface area contributed by atoms with E-state index in [-0.39, 0.29) is 18.3 Å². The number of benzene rings is 1. The molecule has 0 atom stereocenters. The summed E-state index contributed by atoms with van der Waals surface area (Å²) in [5.41, 5.74) is 0.498. The molecule has 10 heteroatoms. The van der Waals surface area contributed by atoms with Gasteiger partial charge in [-0.15, -0.1) is 0 Å². The zero-order valence-corrected chi connectivity index (χ0v) is 14.5. The molecule has 6 nitrogen and oxygen atoms in total. The number of carboxylic acid groups (broad SMARTS) is 1. The van der Waals surface area contributed by atoms with Crippen LogP contribution in [0, 0.1) is 5.82 Å². The molecule has 1 aromatic heterocycles. The van der Waals surface area contributed by atoms with Gasteiger partial charge in [0.15, 0.2) is 0 Å². The number of carboxylic acids is 1. The fourth-order valence-corrected chi connectivity index (χ4v) is 2.00. The molecule has 0 saturated heterocycles. The standard InChI is InChI=1S/C15H18FN3O.C2HF3O2/c1-2-14-17-8-10-19(14)9-7-15(20)18-11-12-5-3-4-6-13(12)16;3-2(4,5)1(6)7/h3-6,8,10H,2,7,9,11H2,1H3,(H,18,20);(H,6,7). The van der Waals surface area contributed by atoms with E-state index in [0.717, 1.165) is 12.2 Å². The Morgan fingerprint density at radius 3 is 2.44 bits per heavy atom. The summed E-state index contributed by atoms with van der Waals surface area (Å²) in [4.78, 5) is 24.9. The van der Waals surface area contributed by atoms with Gasteiger partial charge in [0, 0.05) is 43.9 Å². The summed E-state index contributed by atoms with van der Waals surface area (Å²) in [7, 11) is 0. The lowest BCUT2D eigenvalue weighted by atomic mass is 10.2. The van der Waals surface area contributed by atoms with Crippen LogP contribution in [-0.4, -0.2) is 32.7 Å². The number of rotatable bonds is 6. The van der Waals surface area contributed by atoms with Gasteiger partial charge in [0.2, 0.25) is 5.91 Å². The number of hydrogen-bond donors (Lipinski definition) is 2. The number of alkyl halides is 3. The van der Waals surface area contributed by atoms with Gasteiger partial charge in [0.05, 0.1) is 0 Å². The highest BCUT2D eigenvalue weighted by Crippen LogP contribution is 2.13. The Labute approximate surface area is 152 Å². The SMILES string of the molecule is CCc1nccn1CCC(=O)NCc1ccccc1F.O=C(O)C(F)(F)F. The Balaban J connectivity index is 0.000000445. The molecule has 0 fully saturated rings. The van der Waals surface area contributed by atoms with Crippen LogP contribution in [0.4, 0.5) is 17.6 Å². The molecule has 1 heterocycles. The van der Waals surface area contributed by atoms with Gasteiger partial charge in [0.1, 0.15) is 11.6 Å². The highest BCUT2D eigenvalue weighted by molar-refractivity contribution is 5.75. The number of halogens is 4. The highest BCUT2D eigenvalue weighted by Gasteiger charge is 2.38. The van der Waals surface area contributed by atoms with Gasteiger partial charge in [-0.2, -0.15) is 13.2 Å². The summed E-state index contributed by atoms with van der Waals surface area (Å²) in [6, 6.07) is 6.44. The number of carbonyl (C=O) groups excluding carboxylic acids is 1. The molecule has 0 aliphatic rings. The summed E-state index contributed by atoms with van der Waals surface area (Å²) in [6.45, 7) is 2.83. The minimum absolute atomic E-state index is 0.0935. The molecule has 0 spiro atoms. The predicted octanol–water partition coefficient (Wildman–Crippen LogP) is 2.92. The van der Waals surface area contributed by atoms with Crippen molar-refractivity contribution in [3.8, 4) is 0 Å². The van der Waals surface area contributed by atoms with Crippen molar-refractivity contribution in [1.82, 2.24) is 14.9 Å². The average molecular weight is 389 g/mol. The van der Waals surface area contributed by atoms with Crippen molar-refractivity contribution in [2.45, 2.75) is 39.0 Å². The first kappa shape index (κ1) is 22.1. The second-order valence-corrected chi connectivity index (χ2v) is 5.31. The van der Waals surface area contributed by atoms with Crippen LogP contribution in [0.5, 0.6) is 0 Å². The molecule has 0 bridgehead atoms. The molecular formula is C17H19F4N3O3. The fourth-order valence-electron chi connectivity index (χ4n) is 2.00. The fraction of sp³-hybridized carbons (Fsp3) is 0.353. The molecule has 0 radical (unpaired) electrons. The van der Waals surface area contributed by atoms with Crippen molar-refractivity contribution in [2.24, 2.45) is 0 Å². The molecule has 0 aliphatic heterocycles. The van der Waals surface area contributed by atoms with Gasteiger partial charge in [-0.3, -0.25) is 4.79 Å². The highest BCUT2D eigenvalue weighted by atomic mass is 19.4. The Bertz CT molecular complexity index is 760. The summed E-state index contributed by atoms with van der Waals surface area (Å²) in [5.74, 6) is -2.18. The maximum Gasteiger partial charge on any atom is 0.490 e. The number of aryl methyl sites for hydroxylation is 2. The smallest absolute Gasteiger partial charge is 0.475 e. The largest absolute Gasteiger partial charge is 0.490 e. The predicted molar refractivity (Wildman–Crippen MR) is 88.2 cm³/mol. The van der Waals surface area contributed by atoms with Gasteiger partial charge in [0.25, 0.3) is 0 Å². The monoisotopic (exact) mass is 389 g/mol. The van der Waals surface area contributed by atoms with Crippen molar-refractivity contribution >= 4 is 11.9 Å². The number of aromatic nitrogens is 2. The van der Waals surface area contributed by atoms with E-state index < -0.39 is 12.1 Å². The molecule has 148 valence electrons. The minimum atomic E-state index is -5.08. The molecule has 2 aromatic rings. The van der Waals surface area contributed by atoms with E-state index in [4.69, 9.17) is 9.90 Å². The third-order valence-electron chi connectivity index (χ3n) is 3.37. The van der Waals surface area contributed by atoms with Gasteiger partial charge < -0.3 is 15.0 Å². The van der Waals surface area contributed by atoms with Crippen LogP contribution >= 0.6 is 0 Å². The first-order valence-corrected chi connectivity index (χ1v) is 7.95. The quantitative estimate of drug-likeness (QED) is 0.744. The third-order valence-corrected chi connectivity index (χ3v) is 3.37.